The van der Waals surface area contributed by atoms with Gasteiger partial charge in [0, 0.05) is 17.0 Å². The normalized spacial score (nSPS) is 23.0. The van der Waals surface area contributed by atoms with Crippen LogP contribution >= 0.6 is 11.6 Å². The van der Waals surface area contributed by atoms with Crippen LogP contribution in [0.1, 0.15) is 57.4 Å². The van der Waals surface area contributed by atoms with Crippen LogP contribution in [0.3, 0.4) is 0 Å². The second-order valence-corrected chi connectivity index (χ2v) is 7.51. The monoisotopic (exact) mass is 309 g/mol. The van der Waals surface area contributed by atoms with Crippen molar-refractivity contribution in [2.45, 2.75) is 57.3 Å². The van der Waals surface area contributed by atoms with E-state index in [4.69, 9.17) is 11.6 Å². The summed E-state index contributed by atoms with van der Waals surface area (Å²) in [6.45, 7) is 4.05. The summed E-state index contributed by atoms with van der Waals surface area (Å²) in [7, 11) is 0. The second kappa shape index (κ2) is 5.89. The molecule has 3 rings (SSSR count). The van der Waals surface area contributed by atoms with Crippen molar-refractivity contribution in [2.75, 3.05) is 13.1 Å². The molecule has 1 nitrogen and oxygen atoms in total. The molecule has 1 aromatic carbocycles. The average molecular weight is 310 g/mol. The van der Waals surface area contributed by atoms with Crippen LogP contribution in [0, 0.1) is 11.2 Å². The van der Waals surface area contributed by atoms with E-state index in [1.165, 1.54) is 51.0 Å². The maximum Gasteiger partial charge on any atom is 0.124 e. The number of benzene rings is 1. The maximum atomic E-state index is 13.4. The van der Waals surface area contributed by atoms with E-state index in [2.05, 4.69) is 12.2 Å². The molecule has 0 saturated heterocycles. The van der Waals surface area contributed by atoms with Crippen LogP contribution in [0.5, 0.6) is 0 Å². The highest BCUT2D eigenvalue weighted by atomic mass is 35.5. The van der Waals surface area contributed by atoms with Crippen LogP contribution in [-0.4, -0.2) is 13.1 Å². The smallest absolute Gasteiger partial charge is 0.124 e. The molecule has 0 heterocycles. The average Bonchev–Trinajstić information content (AvgIpc) is 2.44. The van der Waals surface area contributed by atoms with Gasteiger partial charge in [0.1, 0.15) is 5.82 Å². The van der Waals surface area contributed by atoms with Gasteiger partial charge in [-0.05, 0) is 55.3 Å². The Hall–Kier alpha value is -0.600. The molecule has 116 valence electrons. The third-order valence-corrected chi connectivity index (χ3v) is 5.87. The Labute approximate surface area is 132 Å². The summed E-state index contributed by atoms with van der Waals surface area (Å²) in [4.78, 5) is 0. The molecular formula is C18H25ClFN. The summed E-state index contributed by atoms with van der Waals surface area (Å²) < 4.78 is 13.4. The standard InChI is InChI=1S/C18H25ClFN/c1-2-21-13-18(15-7-6-14(20)10-16(15)19)11-17(12-18)8-4-3-5-9-17/h6-7,10,21H,2-5,8-9,11-13H2,1H3. The lowest BCUT2D eigenvalue weighted by Crippen LogP contribution is -2.55. The maximum absolute atomic E-state index is 13.4. The molecule has 0 bridgehead atoms. The highest BCUT2D eigenvalue weighted by Gasteiger charge is 2.55. The Morgan fingerprint density at radius 1 is 1.19 bits per heavy atom. The SMILES string of the molecule is CCNCC1(c2ccc(F)cc2Cl)CC2(CCCCC2)C1. The number of hydrogen-bond donors (Lipinski definition) is 1. The number of likely N-dealkylation sites (N-methyl/N-ethyl adjacent to an activating group) is 1. The summed E-state index contributed by atoms with van der Waals surface area (Å²) in [6, 6.07) is 4.93. The molecule has 2 aliphatic rings. The quantitative estimate of drug-likeness (QED) is 0.818. The fourth-order valence-electron chi connectivity index (χ4n) is 4.73. The molecule has 21 heavy (non-hydrogen) atoms. The van der Waals surface area contributed by atoms with Crippen molar-refractivity contribution in [3.63, 3.8) is 0 Å². The zero-order valence-electron chi connectivity index (χ0n) is 12.9. The molecule has 2 aliphatic carbocycles. The molecule has 1 aromatic rings. The molecule has 0 radical (unpaired) electrons. The summed E-state index contributed by atoms with van der Waals surface area (Å²) in [5.74, 6) is -0.242. The van der Waals surface area contributed by atoms with Crippen molar-refractivity contribution in [3.8, 4) is 0 Å². The van der Waals surface area contributed by atoms with Gasteiger partial charge in [-0.15, -0.1) is 0 Å². The van der Waals surface area contributed by atoms with Gasteiger partial charge in [0.2, 0.25) is 0 Å². The first-order valence-electron chi connectivity index (χ1n) is 8.26. The molecule has 0 amide bonds. The van der Waals surface area contributed by atoms with Gasteiger partial charge >= 0.3 is 0 Å². The first-order chi connectivity index (χ1) is 10.1. The van der Waals surface area contributed by atoms with Gasteiger partial charge in [-0.3, -0.25) is 0 Å². The predicted molar refractivity (Wildman–Crippen MR) is 86.4 cm³/mol. The molecule has 2 saturated carbocycles. The molecule has 0 unspecified atom stereocenters. The topological polar surface area (TPSA) is 12.0 Å². The highest BCUT2D eigenvalue weighted by molar-refractivity contribution is 6.31. The predicted octanol–water partition coefficient (Wildman–Crippen LogP) is 5.07. The fourth-order valence-corrected chi connectivity index (χ4v) is 5.10. The second-order valence-electron chi connectivity index (χ2n) is 7.10. The molecule has 0 atom stereocenters. The molecule has 0 aliphatic heterocycles. The Morgan fingerprint density at radius 2 is 1.90 bits per heavy atom. The highest BCUT2D eigenvalue weighted by Crippen LogP contribution is 2.62. The molecule has 1 N–H and O–H groups in total. The zero-order valence-corrected chi connectivity index (χ0v) is 13.6. The van der Waals surface area contributed by atoms with E-state index >= 15 is 0 Å². The van der Waals surface area contributed by atoms with Crippen LogP contribution in [0.15, 0.2) is 18.2 Å². The van der Waals surface area contributed by atoms with Crippen molar-refractivity contribution >= 4 is 11.6 Å². The minimum Gasteiger partial charge on any atom is -0.316 e. The van der Waals surface area contributed by atoms with Gasteiger partial charge in [0.25, 0.3) is 0 Å². The molecule has 0 aromatic heterocycles. The summed E-state index contributed by atoms with van der Waals surface area (Å²) in [5, 5.41) is 4.10. The summed E-state index contributed by atoms with van der Waals surface area (Å²) in [5.41, 5.74) is 1.78. The van der Waals surface area contributed by atoms with Gasteiger partial charge < -0.3 is 5.32 Å². The van der Waals surface area contributed by atoms with E-state index in [9.17, 15) is 4.39 Å². The van der Waals surface area contributed by atoms with Crippen molar-refractivity contribution in [1.82, 2.24) is 5.32 Å². The number of hydrogen-bond acceptors (Lipinski definition) is 1. The Bertz CT molecular complexity index is 500. The van der Waals surface area contributed by atoms with Crippen molar-refractivity contribution in [3.05, 3.63) is 34.6 Å². The molecule has 1 spiro atoms. The van der Waals surface area contributed by atoms with Crippen LogP contribution in [0.2, 0.25) is 5.02 Å². The van der Waals surface area contributed by atoms with Gasteiger partial charge in [-0.25, -0.2) is 4.39 Å². The minimum atomic E-state index is -0.242. The first-order valence-corrected chi connectivity index (χ1v) is 8.63. The lowest BCUT2D eigenvalue weighted by atomic mass is 9.46. The fraction of sp³-hybridized carbons (Fsp3) is 0.667. The lowest BCUT2D eigenvalue weighted by Gasteiger charge is -2.59. The molecule has 2 fully saturated rings. The largest absolute Gasteiger partial charge is 0.316 e. The van der Waals surface area contributed by atoms with E-state index < -0.39 is 0 Å². The number of rotatable bonds is 4. The van der Waals surface area contributed by atoms with Gasteiger partial charge in [0.05, 0.1) is 0 Å². The molecular weight excluding hydrogens is 285 g/mol. The third kappa shape index (κ3) is 2.85. The van der Waals surface area contributed by atoms with Gasteiger partial charge in [0.15, 0.2) is 0 Å². The Kier molecular flexibility index (Phi) is 4.29. The van der Waals surface area contributed by atoms with E-state index in [0.29, 0.717) is 10.4 Å². The molecule has 3 heteroatoms. The van der Waals surface area contributed by atoms with Crippen molar-refractivity contribution in [1.29, 1.82) is 0 Å². The number of nitrogens with one attached hydrogen (secondary N) is 1. The van der Waals surface area contributed by atoms with Gasteiger partial charge in [-0.1, -0.05) is 43.9 Å². The third-order valence-electron chi connectivity index (χ3n) is 5.56. The summed E-state index contributed by atoms with van der Waals surface area (Å²) in [6.07, 6.45) is 9.26. The zero-order chi connectivity index (χ0) is 14.9. The van der Waals surface area contributed by atoms with E-state index in [1.807, 2.05) is 6.07 Å². The van der Waals surface area contributed by atoms with Gasteiger partial charge in [-0.2, -0.15) is 0 Å². The Balaban J connectivity index is 1.85. The van der Waals surface area contributed by atoms with E-state index in [1.54, 1.807) is 6.07 Å². The van der Waals surface area contributed by atoms with Crippen molar-refractivity contribution < 1.29 is 4.39 Å². The van der Waals surface area contributed by atoms with E-state index in [-0.39, 0.29) is 11.2 Å². The van der Waals surface area contributed by atoms with E-state index in [0.717, 1.165) is 18.7 Å². The Morgan fingerprint density at radius 3 is 2.52 bits per heavy atom. The minimum absolute atomic E-state index is 0.109. The lowest BCUT2D eigenvalue weighted by molar-refractivity contribution is -0.0125. The van der Waals surface area contributed by atoms with Crippen LogP contribution in [0.4, 0.5) is 4.39 Å². The van der Waals surface area contributed by atoms with Crippen molar-refractivity contribution in [2.24, 2.45) is 5.41 Å². The van der Waals surface area contributed by atoms with Crippen LogP contribution < -0.4 is 5.32 Å². The summed E-state index contributed by atoms with van der Waals surface area (Å²) >= 11 is 6.37. The first kappa shape index (κ1) is 15.3. The van der Waals surface area contributed by atoms with Crippen LogP contribution in [0.25, 0.3) is 0 Å². The van der Waals surface area contributed by atoms with Crippen LogP contribution in [-0.2, 0) is 5.41 Å². The number of halogens is 2.